The highest BCUT2D eigenvalue weighted by molar-refractivity contribution is 5.28. The van der Waals surface area contributed by atoms with Crippen LogP contribution in [0.2, 0.25) is 0 Å². The molecule has 0 aliphatic heterocycles. The molecule has 3 unspecified atom stereocenters. The number of anilines is 1. The van der Waals surface area contributed by atoms with Crippen LogP contribution in [0.5, 0.6) is 0 Å². The second-order valence-electron chi connectivity index (χ2n) is 7.67. The van der Waals surface area contributed by atoms with Gasteiger partial charge < -0.3 is 15.1 Å². The van der Waals surface area contributed by atoms with E-state index in [2.05, 4.69) is 48.5 Å². The van der Waals surface area contributed by atoms with Crippen LogP contribution in [0.3, 0.4) is 0 Å². The highest BCUT2D eigenvalue weighted by Crippen LogP contribution is 2.63. The highest BCUT2D eigenvalue weighted by Gasteiger charge is 2.59. The van der Waals surface area contributed by atoms with Gasteiger partial charge in [-0.3, -0.25) is 0 Å². The molecule has 1 aromatic heterocycles. The van der Waals surface area contributed by atoms with Crippen molar-refractivity contribution in [3.63, 3.8) is 0 Å². The number of nitrogens with zero attached hydrogens (tertiary/aromatic N) is 2. The van der Waals surface area contributed by atoms with Crippen LogP contribution in [0.1, 0.15) is 59.3 Å². The van der Waals surface area contributed by atoms with Gasteiger partial charge in [-0.2, -0.15) is 0 Å². The lowest BCUT2D eigenvalue weighted by Crippen LogP contribution is -2.45. The zero-order chi connectivity index (χ0) is 15.1. The maximum Gasteiger partial charge on any atom is 0.315 e. The summed E-state index contributed by atoms with van der Waals surface area (Å²) in [6, 6.07) is 0.996. The van der Waals surface area contributed by atoms with Gasteiger partial charge in [0.25, 0.3) is 0 Å². The van der Waals surface area contributed by atoms with Gasteiger partial charge in [-0.25, -0.2) is 0 Å². The summed E-state index contributed by atoms with van der Waals surface area (Å²) in [6.45, 7) is 10.9. The van der Waals surface area contributed by atoms with Crippen molar-refractivity contribution in [3.05, 3.63) is 5.89 Å². The lowest BCUT2D eigenvalue weighted by Gasteiger charge is -2.42. The van der Waals surface area contributed by atoms with E-state index in [4.69, 9.17) is 4.42 Å². The minimum absolute atomic E-state index is 0.294. The van der Waals surface area contributed by atoms with Crippen molar-refractivity contribution < 1.29 is 4.42 Å². The van der Waals surface area contributed by atoms with Crippen LogP contribution < -0.4 is 10.6 Å². The van der Waals surface area contributed by atoms with Crippen molar-refractivity contribution in [2.45, 2.75) is 66.0 Å². The fourth-order valence-corrected chi connectivity index (χ4v) is 4.54. The van der Waals surface area contributed by atoms with Gasteiger partial charge in [-0.15, -0.1) is 5.10 Å². The molecule has 2 aliphatic rings. The summed E-state index contributed by atoms with van der Waals surface area (Å²) in [5.41, 5.74) is 0.658. The molecule has 21 heavy (non-hydrogen) atoms. The Kier molecular flexibility index (Phi) is 3.72. The SMILES string of the molecule is CCCNCc1nnc(NC2C3(C)CCC(C3)C2(C)C)o1. The fraction of sp³-hybridized carbons (Fsp3) is 0.875. The number of aromatic nitrogens is 2. The fourth-order valence-electron chi connectivity index (χ4n) is 4.54. The van der Waals surface area contributed by atoms with E-state index in [-0.39, 0.29) is 0 Å². The first-order valence-electron chi connectivity index (χ1n) is 8.25. The van der Waals surface area contributed by atoms with Gasteiger partial charge in [0.2, 0.25) is 5.89 Å². The zero-order valence-corrected chi connectivity index (χ0v) is 13.7. The van der Waals surface area contributed by atoms with Gasteiger partial charge in [0.1, 0.15) is 0 Å². The Labute approximate surface area is 127 Å². The van der Waals surface area contributed by atoms with E-state index in [9.17, 15) is 0 Å². The first kappa shape index (κ1) is 14.8. The second kappa shape index (κ2) is 5.27. The Morgan fingerprint density at radius 2 is 2.10 bits per heavy atom. The average Bonchev–Trinajstić information content (AvgIpc) is 3.07. The van der Waals surface area contributed by atoms with Crippen LogP contribution in [-0.4, -0.2) is 22.8 Å². The molecule has 0 saturated heterocycles. The molecule has 2 fully saturated rings. The van der Waals surface area contributed by atoms with Gasteiger partial charge in [0.05, 0.1) is 6.54 Å². The molecule has 0 aromatic carbocycles. The van der Waals surface area contributed by atoms with E-state index in [0.29, 0.717) is 35.3 Å². The molecule has 3 rings (SSSR count). The predicted molar refractivity (Wildman–Crippen MR) is 82.9 cm³/mol. The summed E-state index contributed by atoms with van der Waals surface area (Å²) in [7, 11) is 0. The summed E-state index contributed by atoms with van der Waals surface area (Å²) in [5.74, 6) is 1.48. The van der Waals surface area contributed by atoms with Crippen molar-refractivity contribution in [1.29, 1.82) is 0 Å². The third-order valence-electron chi connectivity index (χ3n) is 5.71. The Morgan fingerprint density at radius 3 is 2.76 bits per heavy atom. The van der Waals surface area contributed by atoms with Crippen LogP contribution in [0, 0.1) is 16.7 Å². The molecular formula is C16H28N4O. The zero-order valence-electron chi connectivity index (χ0n) is 13.7. The normalized spacial score (nSPS) is 33.5. The summed E-state index contributed by atoms with van der Waals surface area (Å²) in [6.07, 6.45) is 5.08. The average molecular weight is 292 g/mol. The summed E-state index contributed by atoms with van der Waals surface area (Å²) in [5, 5.41) is 15.1. The molecule has 0 radical (unpaired) electrons. The Hall–Kier alpha value is -1.10. The monoisotopic (exact) mass is 292 g/mol. The molecule has 0 spiro atoms. The van der Waals surface area contributed by atoms with Crippen LogP contribution in [-0.2, 0) is 6.54 Å². The molecule has 2 saturated carbocycles. The number of nitrogens with one attached hydrogen (secondary N) is 2. The molecule has 2 bridgehead atoms. The minimum atomic E-state index is 0.294. The summed E-state index contributed by atoms with van der Waals surface area (Å²) < 4.78 is 5.74. The number of fused-ring (bicyclic) bond motifs is 2. The maximum atomic E-state index is 5.74. The van der Waals surface area contributed by atoms with Gasteiger partial charge in [0.15, 0.2) is 0 Å². The van der Waals surface area contributed by atoms with Crippen molar-refractivity contribution >= 4 is 6.01 Å². The Bertz CT molecular complexity index is 493. The van der Waals surface area contributed by atoms with E-state index in [1.54, 1.807) is 0 Å². The van der Waals surface area contributed by atoms with Crippen molar-refractivity contribution in [2.75, 3.05) is 11.9 Å². The largest absolute Gasteiger partial charge is 0.407 e. The maximum absolute atomic E-state index is 5.74. The third kappa shape index (κ3) is 2.56. The van der Waals surface area contributed by atoms with Crippen LogP contribution in [0.4, 0.5) is 6.01 Å². The van der Waals surface area contributed by atoms with Crippen molar-refractivity contribution in [1.82, 2.24) is 15.5 Å². The quantitative estimate of drug-likeness (QED) is 0.788. The molecule has 1 aromatic rings. The summed E-state index contributed by atoms with van der Waals surface area (Å²) in [4.78, 5) is 0. The van der Waals surface area contributed by atoms with E-state index >= 15 is 0 Å². The Balaban J connectivity index is 1.66. The molecular weight excluding hydrogens is 264 g/mol. The van der Waals surface area contributed by atoms with Crippen LogP contribution in [0.25, 0.3) is 0 Å². The smallest absolute Gasteiger partial charge is 0.315 e. The van der Waals surface area contributed by atoms with Gasteiger partial charge in [-0.05, 0) is 49.0 Å². The van der Waals surface area contributed by atoms with Crippen LogP contribution >= 0.6 is 0 Å². The molecule has 5 nitrogen and oxygen atoms in total. The number of rotatable bonds is 6. The summed E-state index contributed by atoms with van der Waals surface area (Å²) >= 11 is 0. The first-order chi connectivity index (χ1) is 9.95. The molecule has 2 aliphatic carbocycles. The van der Waals surface area contributed by atoms with E-state index < -0.39 is 0 Å². The lowest BCUT2D eigenvalue weighted by molar-refractivity contribution is 0.153. The lowest BCUT2D eigenvalue weighted by atomic mass is 9.68. The molecule has 0 amide bonds. The standard InChI is InChI=1S/C16H28N4O/c1-5-8-17-10-12-19-20-14(21-12)18-13-15(2,3)11-6-7-16(13,4)9-11/h11,13,17H,5-10H2,1-4H3,(H,18,20). The topological polar surface area (TPSA) is 63.0 Å². The van der Waals surface area contributed by atoms with E-state index in [1.165, 1.54) is 19.3 Å². The van der Waals surface area contributed by atoms with E-state index in [1.807, 2.05) is 0 Å². The molecule has 3 atom stereocenters. The third-order valence-corrected chi connectivity index (χ3v) is 5.71. The van der Waals surface area contributed by atoms with Crippen molar-refractivity contribution in [2.24, 2.45) is 16.7 Å². The van der Waals surface area contributed by atoms with Crippen molar-refractivity contribution in [3.8, 4) is 0 Å². The van der Waals surface area contributed by atoms with E-state index in [0.717, 1.165) is 18.9 Å². The van der Waals surface area contributed by atoms with Crippen LogP contribution in [0.15, 0.2) is 4.42 Å². The molecule has 1 heterocycles. The minimum Gasteiger partial charge on any atom is -0.407 e. The molecule has 5 heteroatoms. The van der Waals surface area contributed by atoms with Gasteiger partial charge in [0, 0.05) is 6.04 Å². The molecule has 118 valence electrons. The molecule has 2 N–H and O–H groups in total. The van der Waals surface area contributed by atoms with Gasteiger partial charge in [-0.1, -0.05) is 32.8 Å². The number of hydrogen-bond donors (Lipinski definition) is 2. The second-order valence-corrected chi connectivity index (χ2v) is 7.67. The first-order valence-corrected chi connectivity index (χ1v) is 8.25. The Morgan fingerprint density at radius 1 is 1.29 bits per heavy atom. The number of hydrogen-bond acceptors (Lipinski definition) is 5. The predicted octanol–water partition coefficient (Wildman–Crippen LogP) is 3.20. The highest BCUT2D eigenvalue weighted by atomic mass is 16.4. The van der Waals surface area contributed by atoms with Gasteiger partial charge >= 0.3 is 6.01 Å².